The molecule has 32 heavy (non-hydrogen) atoms. The van der Waals surface area contributed by atoms with Gasteiger partial charge in [0.25, 0.3) is 0 Å². The first-order valence-electron chi connectivity index (χ1n) is 11.1. The normalized spacial score (nSPS) is 13.7. The fourth-order valence-electron chi connectivity index (χ4n) is 2.96. The molecule has 0 radical (unpaired) electrons. The Morgan fingerprint density at radius 2 is 1.62 bits per heavy atom. The third-order valence-corrected chi connectivity index (χ3v) is 4.84. The molecular weight excluding hydrogens is 414 g/mol. The molecule has 0 aromatic carbocycles. The summed E-state index contributed by atoms with van der Waals surface area (Å²) in [6, 6.07) is -1.91. The molecule has 4 amide bonds. The van der Waals surface area contributed by atoms with Gasteiger partial charge in [-0.2, -0.15) is 0 Å². The first-order chi connectivity index (χ1) is 14.7. The molecule has 0 rings (SSSR count). The lowest BCUT2D eigenvalue weighted by molar-refractivity contribution is -0.129. The van der Waals surface area contributed by atoms with E-state index in [4.69, 9.17) is 10.5 Å². The van der Waals surface area contributed by atoms with Crippen LogP contribution in [-0.2, 0) is 19.1 Å². The number of nitrogens with one attached hydrogen (secondary N) is 4. The van der Waals surface area contributed by atoms with Gasteiger partial charge in [0.05, 0.1) is 17.7 Å². The number of rotatable bonds is 15. The lowest BCUT2D eigenvalue weighted by Gasteiger charge is -2.29. The summed E-state index contributed by atoms with van der Waals surface area (Å²) in [5.74, 6) is -0.676. The number of nitrogens with two attached hydrogens (primary N) is 1. The highest BCUT2D eigenvalue weighted by Gasteiger charge is 2.25. The van der Waals surface area contributed by atoms with Crippen LogP contribution >= 0.6 is 0 Å². The van der Waals surface area contributed by atoms with Crippen molar-refractivity contribution in [2.75, 3.05) is 20.2 Å². The number of amides is 4. The summed E-state index contributed by atoms with van der Waals surface area (Å²) in [5, 5.41) is 11.1. The Kier molecular flexibility index (Phi) is 13.1. The molecule has 0 spiro atoms. The summed E-state index contributed by atoms with van der Waals surface area (Å²) in [4.78, 5) is 47.6. The minimum Gasteiger partial charge on any atom is -0.376 e. The summed E-state index contributed by atoms with van der Waals surface area (Å²) in [7, 11) is 1.63. The smallest absolute Gasteiger partial charge is 0.312 e. The van der Waals surface area contributed by atoms with Crippen LogP contribution in [0.2, 0.25) is 0 Å². The largest absolute Gasteiger partial charge is 0.376 e. The number of Topliss-reactive ketones (excluding diaryl/α,β-unsaturated/α-hetero) is 1. The number of likely N-dealkylation sites (N-methyl/N-ethyl adjacent to an activating group) is 1. The SMILES string of the molecule is CNC(CCC(=O)NC(C)(C)CCOC(C)(C)C)C(=O)NC(CCCNC(N)=O)C(C)=O. The van der Waals surface area contributed by atoms with Crippen LogP contribution in [0.4, 0.5) is 4.79 Å². The van der Waals surface area contributed by atoms with Crippen LogP contribution in [0.3, 0.4) is 0 Å². The summed E-state index contributed by atoms with van der Waals surface area (Å²) < 4.78 is 5.73. The maximum Gasteiger partial charge on any atom is 0.312 e. The van der Waals surface area contributed by atoms with Gasteiger partial charge in [-0.05, 0) is 74.3 Å². The second-order valence-corrected chi connectivity index (χ2v) is 9.63. The highest BCUT2D eigenvalue weighted by molar-refractivity contribution is 5.90. The molecule has 0 aromatic heterocycles. The molecule has 0 heterocycles. The average molecular weight is 458 g/mol. The lowest BCUT2D eigenvalue weighted by Crippen LogP contribution is -2.50. The molecule has 10 heteroatoms. The van der Waals surface area contributed by atoms with E-state index in [0.717, 1.165) is 0 Å². The molecule has 0 saturated carbocycles. The first kappa shape index (κ1) is 29.8. The van der Waals surface area contributed by atoms with Crippen molar-refractivity contribution >= 4 is 23.6 Å². The van der Waals surface area contributed by atoms with Crippen molar-refractivity contribution in [3.05, 3.63) is 0 Å². The maximum absolute atomic E-state index is 12.6. The van der Waals surface area contributed by atoms with Gasteiger partial charge in [0, 0.05) is 25.1 Å². The molecule has 10 nitrogen and oxygen atoms in total. The van der Waals surface area contributed by atoms with E-state index in [0.29, 0.717) is 32.4 Å². The molecule has 2 atom stereocenters. The third kappa shape index (κ3) is 14.7. The number of primary amides is 1. The van der Waals surface area contributed by atoms with Crippen LogP contribution in [0.25, 0.3) is 0 Å². The summed E-state index contributed by atoms with van der Waals surface area (Å²) >= 11 is 0. The zero-order valence-corrected chi connectivity index (χ0v) is 20.7. The van der Waals surface area contributed by atoms with Gasteiger partial charge in [0.2, 0.25) is 11.8 Å². The van der Waals surface area contributed by atoms with Gasteiger partial charge in [-0.25, -0.2) is 4.79 Å². The monoisotopic (exact) mass is 457 g/mol. The lowest BCUT2D eigenvalue weighted by atomic mass is 10.00. The first-order valence-corrected chi connectivity index (χ1v) is 11.1. The number of urea groups is 1. The Labute approximate surface area is 192 Å². The second-order valence-electron chi connectivity index (χ2n) is 9.63. The highest BCUT2D eigenvalue weighted by atomic mass is 16.5. The van der Waals surface area contributed by atoms with Crippen molar-refractivity contribution in [3.63, 3.8) is 0 Å². The number of carbonyl (C=O) groups is 4. The number of ketones is 1. The summed E-state index contributed by atoms with van der Waals surface area (Å²) in [5.41, 5.74) is 4.35. The van der Waals surface area contributed by atoms with E-state index in [-0.39, 0.29) is 36.0 Å². The number of hydrogen-bond acceptors (Lipinski definition) is 6. The van der Waals surface area contributed by atoms with E-state index in [1.165, 1.54) is 6.92 Å². The van der Waals surface area contributed by atoms with Gasteiger partial charge in [-0.15, -0.1) is 0 Å². The molecule has 0 fully saturated rings. The topological polar surface area (TPSA) is 152 Å². The molecule has 0 aliphatic carbocycles. The van der Waals surface area contributed by atoms with Crippen molar-refractivity contribution in [1.29, 1.82) is 0 Å². The zero-order valence-electron chi connectivity index (χ0n) is 20.7. The van der Waals surface area contributed by atoms with Crippen molar-refractivity contribution in [2.45, 2.75) is 96.9 Å². The van der Waals surface area contributed by atoms with Crippen molar-refractivity contribution in [1.82, 2.24) is 21.3 Å². The summed E-state index contributed by atoms with van der Waals surface area (Å²) in [6.45, 7) is 12.1. The predicted molar refractivity (Wildman–Crippen MR) is 124 cm³/mol. The molecule has 2 unspecified atom stereocenters. The Hall–Kier alpha value is -2.20. The molecule has 186 valence electrons. The number of ether oxygens (including phenoxy) is 1. The average Bonchev–Trinajstić information content (AvgIpc) is 2.62. The Balaban J connectivity index is 4.57. The van der Waals surface area contributed by atoms with E-state index in [2.05, 4.69) is 21.3 Å². The van der Waals surface area contributed by atoms with Crippen LogP contribution < -0.4 is 27.0 Å². The third-order valence-electron chi connectivity index (χ3n) is 4.84. The fourth-order valence-corrected chi connectivity index (χ4v) is 2.96. The standard InChI is InChI=1S/C22H43N5O5/c1-15(28)16(9-8-13-25-20(23)31)26-19(30)17(24-7)10-11-18(29)27-22(5,6)12-14-32-21(2,3)4/h16-17,24H,8-14H2,1-7H3,(H,26,30)(H,27,29)(H3,23,25,31). The van der Waals surface area contributed by atoms with E-state index in [1.807, 2.05) is 34.6 Å². The maximum atomic E-state index is 12.6. The highest BCUT2D eigenvalue weighted by Crippen LogP contribution is 2.14. The summed E-state index contributed by atoms with van der Waals surface area (Å²) in [6.07, 6.45) is 1.99. The Morgan fingerprint density at radius 3 is 2.12 bits per heavy atom. The molecule has 0 saturated heterocycles. The molecule has 0 aromatic rings. The van der Waals surface area contributed by atoms with Crippen LogP contribution in [0, 0.1) is 0 Å². The van der Waals surface area contributed by atoms with Gasteiger partial charge in [-0.3, -0.25) is 14.4 Å². The van der Waals surface area contributed by atoms with E-state index in [1.54, 1.807) is 7.05 Å². The second kappa shape index (κ2) is 14.1. The van der Waals surface area contributed by atoms with E-state index < -0.39 is 23.7 Å². The van der Waals surface area contributed by atoms with Gasteiger partial charge in [0.15, 0.2) is 5.78 Å². The molecular formula is C22H43N5O5. The van der Waals surface area contributed by atoms with E-state index in [9.17, 15) is 19.2 Å². The Morgan fingerprint density at radius 1 is 1.00 bits per heavy atom. The van der Waals surface area contributed by atoms with Crippen LogP contribution in [0.15, 0.2) is 0 Å². The minimum atomic E-state index is -0.663. The van der Waals surface area contributed by atoms with Crippen LogP contribution in [0.5, 0.6) is 0 Å². The number of carbonyl (C=O) groups excluding carboxylic acids is 4. The fraction of sp³-hybridized carbons (Fsp3) is 0.818. The quantitative estimate of drug-likeness (QED) is 0.231. The van der Waals surface area contributed by atoms with Crippen LogP contribution in [-0.4, -0.2) is 67.1 Å². The predicted octanol–water partition coefficient (Wildman–Crippen LogP) is 0.977. The number of hydrogen-bond donors (Lipinski definition) is 5. The van der Waals surface area contributed by atoms with Gasteiger partial charge in [-0.1, -0.05) is 0 Å². The minimum absolute atomic E-state index is 0.153. The molecule has 6 N–H and O–H groups in total. The van der Waals surface area contributed by atoms with Crippen molar-refractivity contribution in [3.8, 4) is 0 Å². The molecule has 0 bridgehead atoms. The Bertz CT molecular complexity index is 631. The zero-order chi connectivity index (χ0) is 24.9. The van der Waals surface area contributed by atoms with Gasteiger partial charge >= 0.3 is 6.03 Å². The molecule has 0 aliphatic heterocycles. The van der Waals surface area contributed by atoms with E-state index >= 15 is 0 Å². The van der Waals surface area contributed by atoms with Crippen molar-refractivity contribution in [2.24, 2.45) is 5.73 Å². The molecule has 0 aliphatic rings. The van der Waals surface area contributed by atoms with Gasteiger partial charge in [0.1, 0.15) is 0 Å². The van der Waals surface area contributed by atoms with Crippen molar-refractivity contribution < 1.29 is 23.9 Å². The van der Waals surface area contributed by atoms with Gasteiger partial charge < -0.3 is 31.7 Å². The van der Waals surface area contributed by atoms with Crippen LogP contribution in [0.1, 0.15) is 73.6 Å².